The highest BCUT2D eigenvalue weighted by atomic mass is 31.3. The molecular formula is C11H20N4O11P2. The maximum atomic E-state index is 11.8. The molecule has 0 saturated carbocycles. The maximum Gasteiger partial charge on any atom is 0.481 e. The van der Waals surface area contributed by atoms with E-state index in [4.69, 9.17) is 16.2 Å². The molecule has 0 aliphatic carbocycles. The second-order valence-corrected chi connectivity index (χ2v) is 8.57. The Bertz CT molecular complexity index is 835. The minimum atomic E-state index is -5.11. The van der Waals surface area contributed by atoms with Crippen molar-refractivity contribution in [2.75, 3.05) is 25.5 Å². The van der Waals surface area contributed by atoms with Crippen molar-refractivity contribution in [2.45, 2.75) is 24.5 Å². The Morgan fingerprint density at radius 1 is 1.21 bits per heavy atom. The Morgan fingerprint density at radius 3 is 2.46 bits per heavy atom. The van der Waals surface area contributed by atoms with Crippen molar-refractivity contribution in [3.8, 4) is 0 Å². The molecule has 160 valence electrons. The molecule has 1 aromatic rings. The normalized spacial score (nSPS) is 29.3. The second-order valence-electron chi connectivity index (χ2n) is 5.52. The third-order valence-electron chi connectivity index (χ3n) is 3.44. The maximum absolute atomic E-state index is 11.8. The van der Waals surface area contributed by atoms with Crippen molar-refractivity contribution in [1.29, 1.82) is 0 Å². The Balaban J connectivity index is 2.02. The molecule has 2 rings (SSSR count). The van der Waals surface area contributed by atoms with Crippen LogP contribution in [0, 0.1) is 0 Å². The largest absolute Gasteiger partial charge is 0.481 e. The van der Waals surface area contributed by atoms with Crippen LogP contribution in [0.5, 0.6) is 0 Å². The number of hydrogen-bond donors (Lipinski definition) is 6. The number of nitrogen functional groups attached to an aromatic ring is 1. The van der Waals surface area contributed by atoms with Crippen molar-refractivity contribution in [3.05, 3.63) is 22.7 Å². The average Bonchev–Trinajstić information content (AvgIpc) is 2.86. The van der Waals surface area contributed by atoms with E-state index in [-0.39, 0.29) is 12.4 Å². The number of aliphatic hydroxyl groups is 2. The summed E-state index contributed by atoms with van der Waals surface area (Å²) in [5, 5.41) is 20.1. The molecular weight excluding hydrogens is 426 g/mol. The lowest BCUT2D eigenvalue weighted by molar-refractivity contribution is -0.0542. The number of phosphoric acid groups is 2. The predicted molar refractivity (Wildman–Crippen MR) is 90.5 cm³/mol. The molecule has 1 saturated heterocycles. The molecule has 2 unspecified atom stereocenters. The number of aliphatic hydroxyl groups excluding tert-OH is 2. The van der Waals surface area contributed by atoms with Gasteiger partial charge in [-0.2, -0.15) is 9.29 Å². The molecule has 1 fully saturated rings. The smallest absolute Gasteiger partial charge is 0.387 e. The summed E-state index contributed by atoms with van der Waals surface area (Å²) in [6.45, 7) is -1.40. The van der Waals surface area contributed by atoms with Gasteiger partial charge >= 0.3 is 21.3 Å². The molecule has 1 aromatic heterocycles. The van der Waals surface area contributed by atoms with Gasteiger partial charge in [0.1, 0.15) is 24.1 Å². The highest BCUT2D eigenvalue weighted by Gasteiger charge is 2.46. The van der Waals surface area contributed by atoms with Gasteiger partial charge in [0.05, 0.1) is 13.2 Å². The van der Waals surface area contributed by atoms with Crippen molar-refractivity contribution >= 4 is 21.5 Å². The van der Waals surface area contributed by atoms with Crippen LogP contribution in [0.4, 0.5) is 5.82 Å². The summed E-state index contributed by atoms with van der Waals surface area (Å²) in [5.74, 6) is -0.0715. The first kappa shape index (κ1) is 23.1. The molecule has 8 N–H and O–H groups in total. The van der Waals surface area contributed by atoms with Gasteiger partial charge in [0.2, 0.25) is 0 Å². The van der Waals surface area contributed by atoms with Crippen molar-refractivity contribution in [1.82, 2.24) is 9.55 Å². The fourth-order valence-corrected chi connectivity index (χ4v) is 4.32. The van der Waals surface area contributed by atoms with E-state index in [2.05, 4.69) is 18.3 Å². The standard InChI is InChI=1S/C11H20N4O11P2/c12-2-4-23-27(19,20)26-28(21,22)24-5-6-8(16)9(17)10(25-6)15-3-1-7(13)14-11(15)18/h1,3,6,8-10,16-17H,2,4-5,12H2,(H,19,20)(H,21,22)(H2,13,14,18)/t6-,8+,9+,10-/m0/s1. The van der Waals surface area contributed by atoms with Crippen molar-refractivity contribution in [2.24, 2.45) is 5.73 Å². The number of ether oxygens (including phenoxy) is 1. The average molecular weight is 446 g/mol. The fraction of sp³-hybridized carbons (Fsp3) is 0.636. The Labute approximate surface area is 157 Å². The third-order valence-corrected chi connectivity index (χ3v) is 6.08. The van der Waals surface area contributed by atoms with Gasteiger partial charge in [0.25, 0.3) is 0 Å². The summed E-state index contributed by atoms with van der Waals surface area (Å²) >= 11 is 0. The third kappa shape index (κ3) is 5.89. The number of anilines is 1. The van der Waals surface area contributed by atoms with Gasteiger partial charge in [-0.3, -0.25) is 13.6 Å². The van der Waals surface area contributed by atoms with Gasteiger partial charge in [-0.15, -0.1) is 0 Å². The van der Waals surface area contributed by atoms with Gasteiger partial charge in [-0.05, 0) is 6.07 Å². The zero-order chi connectivity index (χ0) is 21.1. The molecule has 0 aromatic carbocycles. The van der Waals surface area contributed by atoms with Crippen LogP contribution in [-0.4, -0.2) is 67.6 Å². The van der Waals surface area contributed by atoms with Crippen molar-refractivity contribution in [3.63, 3.8) is 0 Å². The lowest BCUT2D eigenvalue weighted by Gasteiger charge is -2.19. The summed E-state index contributed by atoms with van der Waals surface area (Å²) in [6.07, 6.45) is -4.86. The predicted octanol–water partition coefficient (Wildman–Crippen LogP) is -2.35. The van der Waals surface area contributed by atoms with Crippen molar-refractivity contribution < 1.29 is 47.2 Å². The van der Waals surface area contributed by atoms with Crippen LogP contribution in [0.1, 0.15) is 6.23 Å². The highest BCUT2D eigenvalue weighted by Crippen LogP contribution is 2.60. The van der Waals surface area contributed by atoms with E-state index < -0.39 is 59.1 Å². The number of nitrogens with zero attached hydrogens (tertiary/aromatic N) is 2. The first-order chi connectivity index (χ1) is 13.0. The molecule has 15 nitrogen and oxygen atoms in total. The van der Waals surface area contributed by atoms with E-state index in [0.717, 1.165) is 4.57 Å². The Morgan fingerprint density at radius 2 is 1.86 bits per heavy atom. The van der Waals surface area contributed by atoms with E-state index in [0.29, 0.717) is 0 Å². The SMILES string of the molecule is NCCOP(=O)(O)OP(=O)(O)OC[C@@H]1O[C@H](n2ccc(N)nc2=O)[C@H](O)[C@@H]1O. The monoisotopic (exact) mass is 446 g/mol. The van der Waals surface area contributed by atoms with Crippen LogP contribution in [0.15, 0.2) is 17.1 Å². The van der Waals surface area contributed by atoms with Crippen LogP contribution >= 0.6 is 15.6 Å². The Hall–Kier alpha value is -1.22. The van der Waals surface area contributed by atoms with Crippen LogP contribution in [0.25, 0.3) is 0 Å². The number of hydrogen-bond acceptors (Lipinski definition) is 12. The van der Waals surface area contributed by atoms with E-state index in [1.165, 1.54) is 12.3 Å². The lowest BCUT2D eigenvalue weighted by Crippen LogP contribution is -2.36. The molecule has 2 heterocycles. The number of rotatable bonds is 9. The molecule has 17 heteroatoms. The Kier molecular flexibility index (Phi) is 7.47. The quantitative estimate of drug-likeness (QED) is 0.218. The lowest BCUT2D eigenvalue weighted by atomic mass is 10.1. The molecule has 0 amide bonds. The van der Waals surface area contributed by atoms with Gasteiger partial charge in [-0.1, -0.05) is 0 Å². The van der Waals surface area contributed by atoms with Crippen LogP contribution < -0.4 is 17.2 Å². The topological polar surface area (TPSA) is 239 Å². The van der Waals surface area contributed by atoms with E-state index in [9.17, 15) is 33.9 Å². The van der Waals surface area contributed by atoms with Crippen LogP contribution in [-0.2, 0) is 27.2 Å². The van der Waals surface area contributed by atoms with Gasteiger partial charge < -0.3 is 36.2 Å². The summed E-state index contributed by atoms with van der Waals surface area (Å²) in [5.41, 5.74) is 9.56. The minimum absolute atomic E-state index is 0.0715. The van der Waals surface area contributed by atoms with E-state index in [1.54, 1.807) is 0 Å². The summed E-state index contributed by atoms with van der Waals surface area (Å²) < 4.78 is 42.2. The molecule has 0 radical (unpaired) electrons. The zero-order valence-corrected chi connectivity index (χ0v) is 16.0. The summed E-state index contributed by atoms with van der Waals surface area (Å²) in [4.78, 5) is 34.1. The second kappa shape index (κ2) is 9.07. The minimum Gasteiger partial charge on any atom is -0.387 e. The van der Waals surface area contributed by atoms with E-state index >= 15 is 0 Å². The molecule has 6 atom stereocenters. The van der Waals surface area contributed by atoms with Gasteiger partial charge in [0, 0.05) is 12.7 Å². The van der Waals surface area contributed by atoms with Gasteiger partial charge in [0.15, 0.2) is 6.23 Å². The number of aromatic nitrogens is 2. The molecule has 0 spiro atoms. The zero-order valence-electron chi connectivity index (χ0n) is 14.2. The molecule has 0 bridgehead atoms. The molecule has 1 aliphatic heterocycles. The first-order valence-electron chi connectivity index (χ1n) is 7.68. The molecule has 28 heavy (non-hydrogen) atoms. The summed E-state index contributed by atoms with van der Waals surface area (Å²) in [7, 11) is -10.0. The number of nitrogens with two attached hydrogens (primary N) is 2. The first-order valence-corrected chi connectivity index (χ1v) is 10.7. The van der Waals surface area contributed by atoms with E-state index in [1.807, 2.05) is 0 Å². The fourth-order valence-electron chi connectivity index (χ4n) is 2.23. The molecule has 1 aliphatic rings. The van der Waals surface area contributed by atoms with Crippen LogP contribution in [0.3, 0.4) is 0 Å². The summed E-state index contributed by atoms with van der Waals surface area (Å²) in [6, 6.07) is 1.25. The highest BCUT2D eigenvalue weighted by molar-refractivity contribution is 7.61. The van der Waals surface area contributed by atoms with Gasteiger partial charge in [-0.25, -0.2) is 13.9 Å². The van der Waals surface area contributed by atoms with Crippen LogP contribution in [0.2, 0.25) is 0 Å². The number of phosphoric ester groups is 2.